The van der Waals surface area contributed by atoms with E-state index < -0.39 is 0 Å². The minimum atomic E-state index is 0.769. The highest BCUT2D eigenvalue weighted by Crippen LogP contribution is 2.29. The van der Waals surface area contributed by atoms with Crippen LogP contribution in [-0.4, -0.2) is 44.5 Å². The molecule has 2 aliphatic heterocycles. The molecule has 1 N–H and O–H groups in total. The Balaban J connectivity index is 1.82. The molecule has 0 atom stereocenters. The molecule has 0 unspecified atom stereocenters. The zero-order valence-corrected chi connectivity index (χ0v) is 10.5. The van der Waals surface area contributed by atoms with Crippen LogP contribution >= 0.6 is 0 Å². The molecule has 2 aliphatic rings. The molecule has 3 heterocycles. The van der Waals surface area contributed by atoms with Gasteiger partial charge in [0.25, 0.3) is 0 Å². The average Bonchev–Trinajstić information content (AvgIpc) is 2.44. The fourth-order valence-electron chi connectivity index (χ4n) is 2.30. The molecule has 0 fully saturated rings. The van der Waals surface area contributed by atoms with Crippen LogP contribution in [0.3, 0.4) is 0 Å². The molecule has 0 radical (unpaired) electrons. The van der Waals surface area contributed by atoms with Crippen LogP contribution in [0.1, 0.15) is 0 Å². The summed E-state index contributed by atoms with van der Waals surface area (Å²) in [6, 6.07) is 4.11. The largest absolute Gasteiger partial charge is 0.370 e. The number of rotatable bonds is 2. The number of hydrogen-bond donors (Lipinski definition) is 1. The first-order chi connectivity index (χ1) is 8.84. The lowest BCUT2D eigenvalue weighted by atomic mass is 10.2. The maximum atomic E-state index is 4.51. The molecular weight excluding hydrogens is 226 g/mol. The second kappa shape index (κ2) is 4.68. The zero-order chi connectivity index (χ0) is 12.4. The number of nitrogens with zero attached hydrogens (tertiary/aromatic N) is 4. The molecule has 5 heteroatoms. The molecule has 0 saturated carbocycles. The van der Waals surface area contributed by atoms with E-state index in [1.165, 1.54) is 11.4 Å². The van der Waals surface area contributed by atoms with Gasteiger partial charge in [-0.1, -0.05) is 0 Å². The topological polar surface area (TPSA) is 43.8 Å². The standard InChI is InChI=1S/C13H17N5/c1-17-7-8-18(9-11-4-6-14-10-16-11)13-12(17)3-2-5-15-13/h2-5,10H,6-9H2,1H3,(H,14,16). The van der Waals surface area contributed by atoms with E-state index in [2.05, 4.69) is 44.3 Å². The van der Waals surface area contributed by atoms with Gasteiger partial charge >= 0.3 is 0 Å². The normalized spacial score (nSPS) is 18.2. The van der Waals surface area contributed by atoms with Gasteiger partial charge in [0.05, 0.1) is 25.1 Å². The van der Waals surface area contributed by atoms with Crippen molar-refractivity contribution < 1.29 is 0 Å². The van der Waals surface area contributed by atoms with E-state index in [1.54, 1.807) is 6.34 Å². The van der Waals surface area contributed by atoms with Crippen LogP contribution in [0.25, 0.3) is 0 Å². The van der Waals surface area contributed by atoms with E-state index in [1.807, 2.05) is 12.3 Å². The summed E-state index contributed by atoms with van der Waals surface area (Å²) in [5.74, 6) is 1.07. The van der Waals surface area contributed by atoms with E-state index in [0.29, 0.717) is 0 Å². The number of fused-ring (bicyclic) bond motifs is 1. The number of aromatic nitrogens is 1. The first-order valence-electron chi connectivity index (χ1n) is 6.19. The van der Waals surface area contributed by atoms with Gasteiger partial charge in [0.2, 0.25) is 0 Å². The lowest BCUT2D eigenvalue weighted by Crippen LogP contribution is -2.42. The Bertz CT molecular complexity index is 494. The monoisotopic (exact) mass is 243 g/mol. The lowest BCUT2D eigenvalue weighted by Gasteiger charge is -2.36. The van der Waals surface area contributed by atoms with E-state index >= 15 is 0 Å². The molecule has 0 spiro atoms. The molecular formula is C13H17N5. The van der Waals surface area contributed by atoms with Crippen LogP contribution in [0.4, 0.5) is 11.5 Å². The third kappa shape index (κ3) is 2.03. The van der Waals surface area contributed by atoms with Crippen molar-refractivity contribution in [1.82, 2.24) is 10.3 Å². The summed E-state index contributed by atoms with van der Waals surface area (Å²) < 4.78 is 0. The van der Waals surface area contributed by atoms with Crippen molar-refractivity contribution in [3.05, 3.63) is 30.1 Å². The Labute approximate surface area is 107 Å². The van der Waals surface area contributed by atoms with Gasteiger partial charge in [0.15, 0.2) is 5.82 Å². The van der Waals surface area contributed by atoms with Crippen molar-refractivity contribution in [3.63, 3.8) is 0 Å². The minimum Gasteiger partial charge on any atom is -0.370 e. The third-order valence-electron chi connectivity index (χ3n) is 3.33. The highest BCUT2D eigenvalue weighted by Gasteiger charge is 2.21. The van der Waals surface area contributed by atoms with Crippen molar-refractivity contribution in [2.24, 2.45) is 4.99 Å². The van der Waals surface area contributed by atoms with Gasteiger partial charge in [-0.25, -0.2) is 4.98 Å². The third-order valence-corrected chi connectivity index (χ3v) is 3.33. The number of nitrogens with one attached hydrogen (secondary N) is 1. The lowest BCUT2D eigenvalue weighted by molar-refractivity contribution is 0.735. The summed E-state index contributed by atoms with van der Waals surface area (Å²) in [6.07, 6.45) is 5.75. The maximum Gasteiger partial charge on any atom is 0.152 e. The van der Waals surface area contributed by atoms with E-state index in [4.69, 9.17) is 0 Å². The molecule has 0 amide bonds. The summed E-state index contributed by atoms with van der Waals surface area (Å²) in [5, 5.41) is 3.19. The Kier molecular flexibility index (Phi) is 2.88. The van der Waals surface area contributed by atoms with Crippen LogP contribution in [0, 0.1) is 0 Å². The van der Waals surface area contributed by atoms with Gasteiger partial charge < -0.3 is 15.1 Å². The Hall–Kier alpha value is -2.04. The van der Waals surface area contributed by atoms with Crippen LogP contribution in [0.5, 0.6) is 0 Å². The summed E-state index contributed by atoms with van der Waals surface area (Å²) in [7, 11) is 2.11. The average molecular weight is 243 g/mol. The number of pyridine rings is 1. The quantitative estimate of drug-likeness (QED) is 0.836. The molecule has 1 aromatic rings. The van der Waals surface area contributed by atoms with Crippen LogP contribution < -0.4 is 15.1 Å². The summed E-state index contributed by atoms with van der Waals surface area (Å²) >= 11 is 0. The second-order valence-electron chi connectivity index (χ2n) is 4.56. The fourth-order valence-corrected chi connectivity index (χ4v) is 2.30. The van der Waals surface area contributed by atoms with Crippen molar-refractivity contribution in [3.8, 4) is 0 Å². The van der Waals surface area contributed by atoms with Gasteiger partial charge in [-0.05, 0) is 18.2 Å². The Morgan fingerprint density at radius 2 is 2.33 bits per heavy atom. The van der Waals surface area contributed by atoms with Gasteiger partial charge in [-0.15, -0.1) is 0 Å². The van der Waals surface area contributed by atoms with E-state index in [-0.39, 0.29) is 0 Å². The van der Waals surface area contributed by atoms with Gasteiger partial charge in [0, 0.05) is 32.0 Å². The first-order valence-corrected chi connectivity index (χ1v) is 6.19. The predicted octanol–water partition coefficient (Wildman–Crippen LogP) is 0.853. The number of likely N-dealkylation sites (N-methyl/N-ethyl adjacent to an activating group) is 1. The SMILES string of the molecule is CN1CCN(CC2=CCN=CN2)c2ncccc21. The highest BCUT2D eigenvalue weighted by molar-refractivity contribution is 5.69. The van der Waals surface area contributed by atoms with Crippen LogP contribution in [0.15, 0.2) is 35.1 Å². The predicted molar refractivity (Wildman–Crippen MR) is 74.3 cm³/mol. The highest BCUT2D eigenvalue weighted by atomic mass is 15.3. The van der Waals surface area contributed by atoms with E-state index in [0.717, 1.165) is 32.0 Å². The molecule has 0 saturated heterocycles. The van der Waals surface area contributed by atoms with Gasteiger partial charge in [-0.2, -0.15) is 0 Å². The zero-order valence-electron chi connectivity index (χ0n) is 10.5. The summed E-state index contributed by atoms with van der Waals surface area (Å²) in [6.45, 7) is 3.66. The van der Waals surface area contributed by atoms with Crippen molar-refractivity contribution >= 4 is 17.8 Å². The summed E-state index contributed by atoms with van der Waals surface area (Å²) in [5.41, 5.74) is 2.40. The molecule has 0 aromatic carbocycles. The molecule has 5 nitrogen and oxygen atoms in total. The number of aliphatic imine (C=N–C) groups is 1. The fraction of sp³-hybridized carbons (Fsp3) is 0.385. The first kappa shape index (κ1) is 11.1. The van der Waals surface area contributed by atoms with Gasteiger partial charge in [-0.3, -0.25) is 4.99 Å². The molecule has 3 rings (SSSR count). The smallest absolute Gasteiger partial charge is 0.152 e. The van der Waals surface area contributed by atoms with Crippen LogP contribution in [0.2, 0.25) is 0 Å². The summed E-state index contributed by atoms with van der Waals surface area (Å²) in [4.78, 5) is 13.2. The minimum absolute atomic E-state index is 0.769. The van der Waals surface area contributed by atoms with Crippen molar-refractivity contribution in [2.45, 2.75) is 0 Å². The Morgan fingerprint density at radius 3 is 3.17 bits per heavy atom. The Morgan fingerprint density at radius 1 is 1.39 bits per heavy atom. The van der Waals surface area contributed by atoms with Gasteiger partial charge in [0.1, 0.15) is 0 Å². The van der Waals surface area contributed by atoms with Crippen LogP contribution in [-0.2, 0) is 0 Å². The molecule has 0 aliphatic carbocycles. The number of anilines is 2. The molecule has 18 heavy (non-hydrogen) atoms. The van der Waals surface area contributed by atoms with E-state index in [9.17, 15) is 0 Å². The van der Waals surface area contributed by atoms with Crippen molar-refractivity contribution in [1.29, 1.82) is 0 Å². The maximum absolute atomic E-state index is 4.51. The molecule has 1 aromatic heterocycles. The number of hydrogen-bond acceptors (Lipinski definition) is 5. The molecule has 0 bridgehead atoms. The second-order valence-corrected chi connectivity index (χ2v) is 4.56. The molecule has 94 valence electrons. The van der Waals surface area contributed by atoms with Crippen molar-refractivity contribution in [2.75, 3.05) is 43.0 Å².